The third-order valence-electron chi connectivity index (χ3n) is 3.23. The summed E-state index contributed by atoms with van der Waals surface area (Å²) in [5, 5.41) is 3.01. The second-order valence-electron chi connectivity index (χ2n) is 4.36. The molecule has 1 unspecified atom stereocenters. The average Bonchev–Trinajstić information content (AvgIpc) is 3.04. The maximum atomic E-state index is 12.5. The lowest BCUT2D eigenvalue weighted by Crippen LogP contribution is -2.38. The van der Waals surface area contributed by atoms with Gasteiger partial charge < -0.3 is 14.6 Å². The summed E-state index contributed by atoms with van der Waals surface area (Å²) in [5.41, 5.74) is 2.64. The van der Waals surface area contributed by atoms with Gasteiger partial charge in [-0.1, -0.05) is 0 Å². The smallest absolute Gasteiger partial charge is 0.247 e. The molecule has 3 rings (SSSR count). The molecule has 0 saturated heterocycles. The van der Waals surface area contributed by atoms with Crippen molar-refractivity contribution < 1.29 is 9.21 Å². The van der Waals surface area contributed by atoms with Gasteiger partial charge in [-0.3, -0.25) is 9.78 Å². The molecule has 2 aromatic rings. The Balaban J connectivity index is 1.85. The first-order valence-electron chi connectivity index (χ1n) is 6.05. The van der Waals surface area contributed by atoms with Crippen LogP contribution in [0.15, 0.2) is 22.5 Å². The van der Waals surface area contributed by atoms with E-state index in [4.69, 9.17) is 4.42 Å². The van der Waals surface area contributed by atoms with Crippen LogP contribution in [0.1, 0.15) is 22.4 Å². The molecular formula is C12H14N4O2S. The largest absolute Gasteiger partial charge is 0.446 e. The Morgan fingerprint density at radius 3 is 3.26 bits per heavy atom. The third kappa shape index (κ3) is 2.26. The molecule has 3 heterocycles. The highest BCUT2D eigenvalue weighted by Gasteiger charge is 2.33. The highest BCUT2D eigenvalue weighted by molar-refractivity contribution is 7.09. The van der Waals surface area contributed by atoms with Crippen LogP contribution in [-0.4, -0.2) is 34.4 Å². The van der Waals surface area contributed by atoms with Crippen LogP contribution in [0.25, 0.3) is 0 Å². The van der Waals surface area contributed by atoms with Gasteiger partial charge in [0.15, 0.2) is 12.2 Å². The molecule has 0 saturated carbocycles. The summed E-state index contributed by atoms with van der Waals surface area (Å²) >= 11 is 1.56. The first-order chi connectivity index (χ1) is 9.29. The van der Waals surface area contributed by atoms with Crippen molar-refractivity contribution in [2.45, 2.75) is 19.0 Å². The standard InChI is InChI=1S/C12H14N4O2S/c1-13-10-11-9(15-6-18-11)2-3-16(12(10)17)5-8-4-14-7-19-8/h4,6-7,10,13H,2-3,5H2,1H3. The number of carbonyl (C=O) groups is 1. The highest BCUT2D eigenvalue weighted by Crippen LogP contribution is 2.25. The number of fused-ring (bicyclic) bond motifs is 1. The number of hydrogen-bond donors (Lipinski definition) is 1. The van der Waals surface area contributed by atoms with Gasteiger partial charge in [-0.15, -0.1) is 11.3 Å². The normalized spacial score (nSPS) is 19.3. The Hall–Kier alpha value is -1.73. The monoisotopic (exact) mass is 278 g/mol. The summed E-state index contributed by atoms with van der Waals surface area (Å²) in [6, 6.07) is -0.451. The van der Waals surface area contributed by atoms with Crippen LogP contribution in [0.5, 0.6) is 0 Å². The molecule has 0 aliphatic carbocycles. The minimum atomic E-state index is -0.451. The van der Waals surface area contributed by atoms with Gasteiger partial charge in [0.1, 0.15) is 6.04 Å². The molecule has 100 valence electrons. The van der Waals surface area contributed by atoms with Crippen molar-refractivity contribution in [2.75, 3.05) is 13.6 Å². The van der Waals surface area contributed by atoms with E-state index in [1.807, 2.05) is 4.90 Å². The average molecular weight is 278 g/mol. The Morgan fingerprint density at radius 1 is 1.63 bits per heavy atom. The molecule has 1 aliphatic rings. The molecule has 1 atom stereocenters. The van der Waals surface area contributed by atoms with E-state index >= 15 is 0 Å². The summed E-state index contributed by atoms with van der Waals surface area (Å²) in [5.74, 6) is 0.658. The van der Waals surface area contributed by atoms with Gasteiger partial charge in [0.05, 0.1) is 17.7 Å². The number of nitrogens with zero attached hydrogens (tertiary/aromatic N) is 3. The molecule has 0 aromatic carbocycles. The maximum Gasteiger partial charge on any atom is 0.247 e. The van der Waals surface area contributed by atoms with Gasteiger partial charge in [-0.2, -0.15) is 0 Å². The molecule has 0 fully saturated rings. The van der Waals surface area contributed by atoms with Gasteiger partial charge >= 0.3 is 0 Å². The third-order valence-corrected chi connectivity index (χ3v) is 4.00. The van der Waals surface area contributed by atoms with Crippen molar-refractivity contribution in [1.29, 1.82) is 0 Å². The minimum absolute atomic E-state index is 0.0198. The van der Waals surface area contributed by atoms with E-state index in [0.717, 1.165) is 10.6 Å². The van der Waals surface area contributed by atoms with E-state index in [1.54, 1.807) is 30.1 Å². The Kier molecular flexibility index (Phi) is 3.31. The molecule has 1 N–H and O–H groups in total. The Labute approximate surface area is 114 Å². The zero-order valence-electron chi connectivity index (χ0n) is 10.5. The van der Waals surface area contributed by atoms with Gasteiger partial charge in [-0.25, -0.2) is 4.98 Å². The summed E-state index contributed by atoms with van der Waals surface area (Å²) in [6.07, 6.45) is 3.92. The lowest BCUT2D eigenvalue weighted by atomic mass is 10.1. The summed E-state index contributed by atoms with van der Waals surface area (Å²) < 4.78 is 5.36. The summed E-state index contributed by atoms with van der Waals surface area (Å²) in [4.78, 5) is 23.7. The molecule has 2 aromatic heterocycles. The number of aromatic nitrogens is 2. The molecule has 7 heteroatoms. The number of nitrogens with one attached hydrogen (secondary N) is 1. The first-order valence-corrected chi connectivity index (χ1v) is 6.93. The number of carbonyl (C=O) groups excluding carboxylic acids is 1. The van der Waals surface area contributed by atoms with Crippen molar-refractivity contribution in [3.8, 4) is 0 Å². The van der Waals surface area contributed by atoms with Crippen molar-refractivity contribution in [2.24, 2.45) is 0 Å². The van der Waals surface area contributed by atoms with E-state index in [9.17, 15) is 4.79 Å². The van der Waals surface area contributed by atoms with Crippen LogP contribution in [0.2, 0.25) is 0 Å². The van der Waals surface area contributed by atoms with Crippen LogP contribution in [-0.2, 0) is 17.8 Å². The lowest BCUT2D eigenvalue weighted by molar-refractivity contribution is -0.134. The quantitative estimate of drug-likeness (QED) is 0.906. The first kappa shape index (κ1) is 12.3. The fourth-order valence-corrected chi connectivity index (χ4v) is 2.88. The predicted molar refractivity (Wildman–Crippen MR) is 69.5 cm³/mol. The second-order valence-corrected chi connectivity index (χ2v) is 5.33. The molecule has 0 bridgehead atoms. The maximum absolute atomic E-state index is 12.5. The number of likely N-dealkylation sites (N-methyl/N-ethyl adjacent to an activating group) is 1. The number of rotatable bonds is 3. The minimum Gasteiger partial charge on any atom is -0.446 e. The molecule has 1 amide bonds. The van der Waals surface area contributed by atoms with Gasteiger partial charge in [0, 0.05) is 24.0 Å². The molecule has 6 nitrogen and oxygen atoms in total. The fourth-order valence-electron chi connectivity index (χ4n) is 2.27. The van der Waals surface area contributed by atoms with Crippen molar-refractivity contribution in [3.05, 3.63) is 34.4 Å². The van der Waals surface area contributed by atoms with Crippen LogP contribution in [0.4, 0.5) is 0 Å². The Bertz CT molecular complexity index is 566. The fraction of sp³-hybridized carbons (Fsp3) is 0.417. The van der Waals surface area contributed by atoms with Crippen molar-refractivity contribution in [1.82, 2.24) is 20.2 Å². The Morgan fingerprint density at radius 2 is 2.53 bits per heavy atom. The SMILES string of the molecule is CNC1C(=O)N(Cc2cncs2)CCc2ncoc21. The number of amides is 1. The molecular weight excluding hydrogens is 264 g/mol. The van der Waals surface area contributed by atoms with Crippen LogP contribution >= 0.6 is 11.3 Å². The van der Waals surface area contributed by atoms with Crippen molar-refractivity contribution >= 4 is 17.2 Å². The number of hydrogen-bond acceptors (Lipinski definition) is 6. The number of thiazole rings is 1. The zero-order valence-corrected chi connectivity index (χ0v) is 11.3. The predicted octanol–water partition coefficient (Wildman–Crippen LogP) is 0.976. The molecule has 0 spiro atoms. The highest BCUT2D eigenvalue weighted by atomic mass is 32.1. The van der Waals surface area contributed by atoms with E-state index in [0.29, 0.717) is 25.3 Å². The number of oxazole rings is 1. The molecule has 19 heavy (non-hydrogen) atoms. The van der Waals surface area contributed by atoms with Gasteiger partial charge in [0.25, 0.3) is 0 Å². The molecule has 1 aliphatic heterocycles. The van der Waals surface area contributed by atoms with E-state index in [2.05, 4.69) is 15.3 Å². The molecule has 0 radical (unpaired) electrons. The van der Waals surface area contributed by atoms with E-state index in [-0.39, 0.29) is 5.91 Å². The van der Waals surface area contributed by atoms with Crippen LogP contribution in [0, 0.1) is 0 Å². The lowest BCUT2D eigenvalue weighted by Gasteiger charge is -2.22. The van der Waals surface area contributed by atoms with Gasteiger partial charge in [-0.05, 0) is 7.05 Å². The van der Waals surface area contributed by atoms with Crippen molar-refractivity contribution in [3.63, 3.8) is 0 Å². The second kappa shape index (κ2) is 5.10. The summed E-state index contributed by atoms with van der Waals surface area (Å²) in [6.45, 7) is 1.24. The summed E-state index contributed by atoms with van der Waals surface area (Å²) in [7, 11) is 1.76. The zero-order chi connectivity index (χ0) is 13.2. The van der Waals surface area contributed by atoms with E-state index < -0.39 is 6.04 Å². The topological polar surface area (TPSA) is 71.3 Å². The van der Waals surface area contributed by atoms with E-state index in [1.165, 1.54) is 6.39 Å². The van der Waals surface area contributed by atoms with Crippen LogP contribution < -0.4 is 5.32 Å². The van der Waals surface area contributed by atoms with Crippen LogP contribution in [0.3, 0.4) is 0 Å². The van der Waals surface area contributed by atoms with Gasteiger partial charge in [0.2, 0.25) is 5.91 Å².